The average molecular weight is 267 g/mol. The first-order valence-corrected chi connectivity index (χ1v) is 7.52. The van der Waals surface area contributed by atoms with Gasteiger partial charge in [-0.05, 0) is 37.0 Å². The number of carbonyl (C=O) groups excluding carboxylic acids is 1. The second kappa shape index (κ2) is 8.86. The molecule has 1 N–H and O–H groups in total. The molecule has 4 heteroatoms. The van der Waals surface area contributed by atoms with Crippen LogP contribution < -0.4 is 5.32 Å². The molecule has 18 heavy (non-hydrogen) atoms. The van der Waals surface area contributed by atoms with E-state index in [0.29, 0.717) is 12.2 Å². The fraction of sp³-hybridized carbons (Fsp3) is 0.500. The summed E-state index contributed by atoms with van der Waals surface area (Å²) in [6.45, 7) is 5.26. The minimum Gasteiger partial charge on any atom is -0.462 e. The Kier molecular flexibility index (Phi) is 7.34. The molecule has 1 aromatic carbocycles. The van der Waals surface area contributed by atoms with Gasteiger partial charge in [0.2, 0.25) is 0 Å². The van der Waals surface area contributed by atoms with E-state index in [9.17, 15) is 4.79 Å². The zero-order chi connectivity index (χ0) is 13.2. The highest BCUT2D eigenvalue weighted by Crippen LogP contribution is 2.16. The highest BCUT2D eigenvalue weighted by molar-refractivity contribution is 7.99. The number of ether oxygens (including phenoxy) is 1. The van der Waals surface area contributed by atoms with E-state index in [1.54, 1.807) is 6.07 Å². The predicted octanol–water partition coefficient (Wildman–Crippen LogP) is 3.42. The number of carbonyl (C=O) groups is 1. The minimum absolute atomic E-state index is 0.261. The van der Waals surface area contributed by atoms with Gasteiger partial charge in [0.25, 0.3) is 0 Å². The summed E-state index contributed by atoms with van der Waals surface area (Å²) in [4.78, 5) is 11.7. The first kappa shape index (κ1) is 14.9. The van der Waals surface area contributed by atoms with Crippen LogP contribution in [0.1, 0.15) is 30.6 Å². The molecule has 0 aliphatic carbocycles. The van der Waals surface area contributed by atoms with Crippen molar-refractivity contribution in [3.05, 3.63) is 29.8 Å². The molecule has 0 aliphatic rings. The quantitative estimate of drug-likeness (QED) is 0.578. The molecule has 0 bridgehead atoms. The molecular weight excluding hydrogens is 246 g/mol. The maximum Gasteiger partial charge on any atom is 0.340 e. The molecule has 1 rings (SSSR count). The molecule has 3 nitrogen and oxygen atoms in total. The summed E-state index contributed by atoms with van der Waals surface area (Å²) in [5, 5.41) is 3.30. The lowest BCUT2D eigenvalue weighted by atomic mass is 10.2. The van der Waals surface area contributed by atoms with Crippen molar-refractivity contribution in [1.29, 1.82) is 0 Å². The average Bonchev–Trinajstić information content (AvgIpc) is 2.39. The molecule has 0 radical (unpaired) electrons. The molecule has 0 saturated carbocycles. The van der Waals surface area contributed by atoms with Crippen molar-refractivity contribution in [1.82, 2.24) is 0 Å². The molecule has 0 atom stereocenters. The molecule has 1 aromatic rings. The number of nitrogens with one attached hydrogen (secondary N) is 1. The summed E-state index contributed by atoms with van der Waals surface area (Å²) < 4.78 is 5.03. The summed E-state index contributed by atoms with van der Waals surface area (Å²) in [6.07, 6.45) is 1.09. The van der Waals surface area contributed by atoms with Crippen molar-refractivity contribution in [2.24, 2.45) is 0 Å². The summed E-state index contributed by atoms with van der Waals surface area (Å²) in [7, 11) is 0. The summed E-state index contributed by atoms with van der Waals surface area (Å²) in [5.41, 5.74) is 1.47. The van der Waals surface area contributed by atoms with Crippen molar-refractivity contribution >= 4 is 23.4 Å². The Labute approximate surface area is 113 Å². The van der Waals surface area contributed by atoms with Crippen LogP contribution in [0, 0.1) is 0 Å². The van der Waals surface area contributed by atoms with Crippen molar-refractivity contribution in [2.75, 3.05) is 30.0 Å². The highest BCUT2D eigenvalue weighted by Gasteiger charge is 2.10. The van der Waals surface area contributed by atoms with E-state index >= 15 is 0 Å². The number of hydrogen-bond acceptors (Lipinski definition) is 4. The van der Waals surface area contributed by atoms with Crippen LogP contribution in [0.15, 0.2) is 24.3 Å². The number of esters is 1. The molecule has 100 valence electrons. The van der Waals surface area contributed by atoms with E-state index in [2.05, 4.69) is 12.2 Å². The number of thioether (sulfide) groups is 1. The Morgan fingerprint density at radius 1 is 1.33 bits per heavy atom. The highest BCUT2D eigenvalue weighted by atomic mass is 32.2. The monoisotopic (exact) mass is 267 g/mol. The minimum atomic E-state index is -0.261. The smallest absolute Gasteiger partial charge is 0.340 e. The normalized spacial score (nSPS) is 10.1. The Morgan fingerprint density at radius 3 is 2.83 bits per heavy atom. The molecular formula is C14H21NO2S. The lowest BCUT2D eigenvalue weighted by Gasteiger charge is -2.10. The van der Waals surface area contributed by atoms with Gasteiger partial charge in [0.05, 0.1) is 12.2 Å². The van der Waals surface area contributed by atoms with Gasteiger partial charge in [-0.25, -0.2) is 4.79 Å². The van der Waals surface area contributed by atoms with Gasteiger partial charge < -0.3 is 10.1 Å². The van der Waals surface area contributed by atoms with Crippen molar-refractivity contribution in [2.45, 2.75) is 20.3 Å². The molecule has 0 amide bonds. The number of rotatable bonds is 8. The molecule has 0 aliphatic heterocycles. The zero-order valence-corrected chi connectivity index (χ0v) is 11.9. The molecule has 0 fully saturated rings. The van der Waals surface area contributed by atoms with Crippen LogP contribution in [0.5, 0.6) is 0 Å². The molecule has 0 aromatic heterocycles. The number of hydrogen-bond donors (Lipinski definition) is 1. The van der Waals surface area contributed by atoms with E-state index in [-0.39, 0.29) is 5.97 Å². The third kappa shape index (κ3) is 5.00. The fourth-order valence-electron chi connectivity index (χ4n) is 1.57. The predicted molar refractivity (Wildman–Crippen MR) is 78.5 cm³/mol. The maximum atomic E-state index is 11.7. The van der Waals surface area contributed by atoms with Gasteiger partial charge in [0.1, 0.15) is 0 Å². The van der Waals surface area contributed by atoms with Gasteiger partial charge in [-0.1, -0.05) is 19.1 Å². The Bertz CT molecular complexity index is 369. The fourth-order valence-corrected chi connectivity index (χ4v) is 2.20. The van der Waals surface area contributed by atoms with Gasteiger partial charge in [0, 0.05) is 12.2 Å². The first-order valence-electron chi connectivity index (χ1n) is 6.37. The number of benzene rings is 1. The summed E-state index contributed by atoms with van der Waals surface area (Å²) in [6, 6.07) is 7.48. The zero-order valence-electron chi connectivity index (χ0n) is 11.1. The van der Waals surface area contributed by atoms with Crippen LogP contribution in [-0.2, 0) is 4.74 Å². The lowest BCUT2D eigenvalue weighted by molar-refractivity contribution is 0.0527. The van der Waals surface area contributed by atoms with Crippen LogP contribution in [0.25, 0.3) is 0 Å². The van der Waals surface area contributed by atoms with Gasteiger partial charge >= 0.3 is 5.97 Å². The van der Waals surface area contributed by atoms with Crippen LogP contribution in [0.3, 0.4) is 0 Å². The van der Waals surface area contributed by atoms with Crippen LogP contribution in [0.2, 0.25) is 0 Å². The van der Waals surface area contributed by atoms with E-state index in [0.717, 1.165) is 30.2 Å². The Hall–Kier alpha value is -1.16. The summed E-state index contributed by atoms with van der Waals surface area (Å²) >= 11 is 1.93. The van der Waals surface area contributed by atoms with Crippen LogP contribution in [-0.4, -0.2) is 30.6 Å². The second-order valence-corrected chi connectivity index (χ2v) is 5.14. The Morgan fingerprint density at radius 2 is 2.11 bits per heavy atom. The van der Waals surface area contributed by atoms with Gasteiger partial charge in [-0.3, -0.25) is 0 Å². The lowest BCUT2D eigenvalue weighted by Crippen LogP contribution is -2.10. The Balaban J connectivity index is 2.51. The standard InChI is InChI=1S/C14H21NO2S/c1-3-17-14(16)12-8-5-6-9-13(12)15-10-7-11-18-4-2/h5-6,8-9,15H,3-4,7,10-11H2,1-2H3. The van der Waals surface area contributed by atoms with Crippen LogP contribution in [0.4, 0.5) is 5.69 Å². The first-order chi connectivity index (χ1) is 8.79. The van der Waals surface area contributed by atoms with Gasteiger partial charge in [0.15, 0.2) is 0 Å². The topological polar surface area (TPSA) is 38.3 Å². The van der Waals surface area contributed by atoms with E-state index in [1.807, 2.05) is 36.9 Å². The largest absolute Gasteiger partial charge is 0.462 e. The van der Waals surface area contributed by atoms with Crippen molar-refractivity contribution in [3.63, 3.8) is 0 Å². The van der Waals surface area contributed by atoms with Crippen molar-refractivity contribution in [3.8, 4) is 0 Å². The summed E-state index contributed by atoms with van der Waals surface area (Å²) in [5.74, 6) is 2.04. The van der Waals surface area contributed by atoms with E-state index in [1.165, 1.54) is 0 Å². The molecule has 0 unspecified atom stereocenters. The SMILES string of the molecule is CCOC(=O)c1ccccc1NCCCSCC. The van der Waals surface area contributed by atoms with E-state index < -0.39 is 0 Å². The van der Waals surface area contributed by atoms with Crippen molar-refractivity contribution < 1.29 is 9.53 Å². The molecule has 0 saturated heterocycles. The number of para-hydroxylation sites is 1. The second-order valence-electron chi connectivity index (χ2n) is 3.74. The third-order valence-electron chi connectivity index (χ3n) is 2.41. The molecule has 0 heterocycles. The van der Waals surface area contributed by atoms with E-state index in [4.69, 9.17) is 4.74 Å². The maximum absolute atomic E-state index is 11.7. The van der Waals surface area contributed by atoms with Crippen LogP contribution >= 0.6 is 11.8 Å². The van der Waals surface area contributed by atoms with Gasteiger partial charge in [-0.2, -0.15) is 11.8 Å². The van der Waals surface area contributed by atoms with Gasteiger partial charge in [-0.15, -0.1) is 0 Å². The number of anilines is 1. The molecule has 0 spiro atoms. The third-order valence-corrected chi connectivity index (χ3v) is 3.39.